The van der Waals surface area contributed by atoms with Crippen LogP contribution in [0.15, 0.2) is 0 Å². The van der Waals surface area contributed by atoms with E-state index in [2.05, 4.69) is 24.6 Å². The summed E-state index contributed by atoms with van der Waals surface area (Å²) in [6, 6.07) is 0. The summed E-state index contributed by atoms with van der Waals surface area (Å²) < 4.78 is 23.6. The Hall–Kier alpha value is 1.15. The van der Waals surface area contributed by atoms with Crippen LogP contribution in [0.2, 0.25) is 5.09 Å². The predicted molar refractivity (Wildman–Crippen MR) is 90.4 cm³/mol. The van der Waals surface area contributed by atoms with Gasteiger partial charge in [-0.3, -0.25) is 0 Å². The van der Waals surface area contributed by atoms with Gasteiger partial charge in [0.1, 0.15) is 0 Å². The molecule has 0 aromatic rings. The molecule has 0 unspecified atom stereocenters. The molecule has 130 valence electrons. The molecule has 0 aliphatic heterocycles. The molecule has 0 aromatic carbocycles. The fourth-order valence-electron chi connectivity index (χ4n) is 1.67. The van der Waals surface area contributed by atoms with Crippen molar-refractivity contribution in [1.82, 2.24) is 0 Å². The zero-order valence-electron chi connectivity index (χ0n) is 16.6. The maximum atomic E-state index is 5.89. The van der Waals surface area contributed by atoms with Crippen molar-refractivity contribution in [2.75, 3.05) is 0 Å². The minimum atomic E-state index is -3.62. The molecule has 0 atom stereocenters. The van der Waals surface area contributed by atoms with E-state index >= 15 is 0 Å². The molecule has 0 aliphatic rings. The molecule has 0 rings (SSSR count). The third-order valence-electron chi connectivity index (χ3n) is 2.23. The van der Waals surface area contributed by atoms with Crippen molar-refractivity contribution in [3.8, 4) is 0 Å². The second-order valence-corrected chi connectivity index (χ2v) is 9.55. The Kier molecular flexibility index (Phi) is 16.7. The van der Waals surface area contributed by atoms with Crippen molar-refractivity contribution in [2.45, 2.75) is 105 Å². The van der Waals surface area contributed by atoms with Crippen LogP contribution >= 0.6 is 0 Å². The molecule has 6 heteroatoms. The Morgan fingerprint density at radius 1 is 0.682 bits per heavy atom. The first kappa shape index (κ1) is 25.4. The Morgan fingerprint density at radius 2 is 0.955 bits per heavy atom. The van der Waals surface area contributed by atoms with E-state index in [0.29, 0.717) is 0 Å². The van der Waals surface area contributed by atoms with Gasteiger partial charge in [-0.05, 0) is 0 Å². The fraction of sp³-hybridized carbons (Fsp3) is 1.00. The molecule has 0 amide bonds. The number of rotatable bonds is 10. The van der Waals surface area contributed by atoms with Gasteiger partial charge in [-0.15, -0.1) is 0 Å². The third-order valence-corrected chi connectivity index (χ3v) is 6.97. The van der Waals surface area contributed by atoms with Crippen LogP contribution in [0.4, 0.5) is 0 Å². The van der Waals surface area contributed by atoms with E-state index in [1.807, 2.05) is 55.4 Å². The summed E-state index contributed by atoms with van der Waals surface area (Å²) in [5.74, 6) is 0. The van der Waals surface area contributed by atoms with Crippen LogP contribution in [-0.2, 0) is 31.4 Å². The zero-order valence-corrected chi connectivity index (χ0v) is 18.1. The van der Waals surface area contributed by atoms with Gasteiger partial charge < -0.3 is 0 Å². The van der Waals surface area contributed by atoms with Crippen molar-refractivity contribution >= 4 is 17.7 Å². The first-order chi connectivity index (χ1) is 10.1. The summed E-state index contributed by atoms with van der Waals surface area (Å²) in [4.78, 5) is 0. The topological polar surface area (TPSA) is 36.9 Å². The summed E-state index contributed by atoms with van der Waals surface area (Å²) in [6.07, 6.45) is 2.87. The van der Waals surface area contributed by atoms with Crippen LogP contribution in [-0.4, -0.2) is 42.1 Å². The van der Waals surface area contributed by atoms with E-state index in [-0.39, 0.29) is 24.4 Å². The van der Waals surface area contributed by atoms with Crippen LogP contribution in [0.1, 0.15) is 75.2 Å². The van der Waals surface area contributed by atoms with E-state index in [0.717, 1.165) is 0 Å². The molecule has 0 fully saturated rings. The van der Waals surface area contributed by atoms with E-state index in [9.17, 15) is 0 Å². The van der Waals surface area contributed by atoms with Crippen molar-refractivity contribution in [2.24, 2.45) is 0 Å². The van der Waals surface area contributed by atoms with Gasteiger partial charge in [-0.25, -0.2) is 0 Å². The van der Waals surface area contributed by atoms with Crippen LogP contribution in [0.25, 0.3) is 0 Å². The molecule has 0 radical (unpaired) electrons. The second kappa shape index (κ2) is 14.5. The van der Waals surface area contributed by atoms with Gasteiger partial charge in [0, 0.05) is 0 Å². The van der Waals surface area contributed by atoms with Gasteiger partial charge in [-0.1, -0.05) is 0 Å². The van der Waals surface area contributed by atoms with Crippen molar-refractivity contribution in [3.05, 3.63) is 0 Å². The van der Waals surface area contributed by atoms with Crippen LogP contribution in [0.5, 0.6) is 0 Å². The third kappa shape index (κ3) is 16.0. The molecule has 0 saturated carbocycles. The van der Waals surface area contributed by atoms with Crippen LogP contribution in [0, 0.1) is 0 Å². The molecule has 0 aliphatic carbocycles. The van der Waals surface area contributed by atoms with Crippen LogP contribution < -0.4 is 0 Å². The Labute approximate surface area is 153 Å². The first-order valence-corrected chi connectivity index (χ1v) is 11.3. The molecule has 4 nitrogen and oxygen atoms in total. The molecule has 0 heterocycles. The molecule has 0 saturated heterocycles. The van der Waals surface area contributed by atoms with Crippen molar-refractivity contribution in [3.63, 3.8) is 0 Å². The summed E-state index contributed by atoms with van der Waals surface area (Å²) in [5.41, 5.74) is 0. The Bertz CT molecular complexity index is 201. The van der Waals surface area contributed by atoms with Gasteiger partial charge in [0.15, 0.2) is 0 Å². The zero-order chi connectivity index (χ0) is 17.8. The Balaban J connectivity index is 0. The van der Waals surface area contributed by atoms with Crippen molar-refractivity contribution < 1.29 is 31.4 Å². The minimum absolute atomic E-state index is 0.0336. The monoisotopic (exact) mass is 348 g/mol. The quantitative estimate of drug-likeness (QED) is 0.528. The van der Waals surface area contributed by atoms with Gasteiger partial charge in [0.2, 0.25) is 0 Å². The van der Waals surface area contributed by atoms with Gasteiger partial charge in [-0.2, -0.15) is 0 Å². The summed E-state index contributed by atoms with van der Waals surface area (Å²) in [6.45, 7) is 18.0. The van der Waals surface area contributed by atoms with Crippen LogP contribution in [0.3, 0.4) is 0 Å². The summed E-state index contributed by atoms with van der Waals surface area (Å²) in [5, 5.41) is 1.34. The van der Waals surface area contributed by atoms with Crippen molar-refractivity contribution in [1.29, 1.82) is 0 Å². The average Bonchev–Trinajstić information content (AvgIpc) is 2.25. The van der Waals surface area contributed by atoms with E-state index < -0.39 is 18.1 Å². The molecule has 0 bridgehead atoms. The van der Waals surface area contributed by atoms with Gasteiger partial charge in [0.05, 0.1) is 0 Å². The molecular weight excluding hydrogens is 311 g/mol. The fourth-order valence-corrected chi connectivity index (χ4v) is 5.80. The summed E-state index contributed by atoms with van der Waals surface area (Å²) >= 11 is -1.41. The molecule has 0 spiro atoms. The molecule has 22 heavy (non-hydrogen) atoms. The van der Waals surface area contributed by atoms with E-state index in [4.69, 9.17) is 13.3 Å². The normalized spacial score (nSPS) is 12.3. The molecular formula is C16H37LiO4Ti. The van der Waals surface area contributed by atoms with Gasteiger partial charge in [0.25, 0.3) is 0 Å². The SMILES string of the molecule is CC(C)[O][Ti]([O]C(C)C)([O]C(C)C)[O]C(C)C.[Li][CH2]CCC. The maximum absolute atomic E-state index is 5.89. The van der Waals surface area contributed by atoms with E-state index in [1.54, 1.807) is 0 Å². The standard InChI is InChI=1S/C4H9.4C3H7O.Li.Ti/c1-3-4-2;4*1-3(2)4;;/h1,3-4H2,2H3;4*3H,1-2H3;;/q;4*-1;;+4. The number of hydrogen-bond acceptors (Lipinski definition) is 4. The first-order valence-electron chi connectivity index (χ1n) is 8.79. The number of hydrogen-bond donors (Lipinski definition) is 0. The predicted octanol–water partition coefficient (Wildman–Crippen LogP) is 4.87. The molecule has 0 aromatic heterocycles. The summed E-state index contributed by atoms with van der Waals surface area (Å²) in [7, 11) is 0. The molecule has 0 N–H and O–H groups in total. The second-order valence-electron chi connectivity index (χ2n) is 6.52. The number of unbranched alkanes of at least 4 members (excludes halogenated alkanes) is 1. The average molecular weight is 348 g/mol. The Morgan fingerprint density at radius 3 is 1.05 bits per heavy atom. The van der Waals surface area contributed by atoms with Gasteiger partial charge >= 0.3 is 154 Å². The van der Waals surface area contributed by atoms with E-state index in [1.165, 1.54) is 17.9 Å².